The van der Waals surface area contributed by atoms with Gasteiger partial charge in [-0.2, -0.15) is 0 Å². The molecule has 0 aromatic carbocycles. The van der Waals surface area contributed by atoms with Crippen molar-refractivity contribution in [3.63, 3.8) is 0 Å². The van der Waals surface area contributed by atoms with Crippen molar-refractivity contribution in [1.29, 1.82) is 0 Å². The Kier molecular flexibility index (Phi) is 2.73. The van der Waals surface area contributed by atoms with Crippen molar-refractivity contribution in [2.75, 3.05) is 0 Å². The number of rotatable bonds is 1. The molecule has 3 heteroatoms. The zero-order chi connectivity index (χ0) is 9.19. The fourth-order valence-electron chi connectivity index (χ4n) is 1.60. The number of esters is 1. The fourth-order valence-corrected chi connectivity index (χ4v) is 1.60. The van der Waals surface area contributed by atoms with Gasteiger partial charge in [-0.25, -0.2) is 0 Å². The first-order valence-electron chi connectivity index (χ1n) is 4.46. The lowest BCUT2D eigenvalue weighted by Crippen LogP contribution is -2.42. The monoisotopic (exact) mass is 171 g/mol. The number of hydrogen-bond acceptors (Lipinski definition) is 3. The lowest BCUT2D eigenvalue weighted by atomic mass is 9.83. The van der Waals surface area contributed by atoms with Crippen LogP contribution in [0.3, 0.4) is 0 Å². The van der Waals surface area contributed by atoms with Crippen LogP contribution in [0.25, 0.3) is 0 Å². The predicted molar refractivity (Wildman–Crippen MR) is 46.6 cm³/mol. The van der Waals surface area contributed by atoms with E-state index in [0.29, 0.717) is 0 Å². The maximum Gasteiger partial charge on any atom is 0.302 e. The van der Waals surface area contributed by atoms with Gasteiger partial charge in [-0.3, -0.25) is 4.79 Å². The zero-order valence-corrected chi connectivity index (χ0v) is 7.80. The summed E-state index contributed by atoms with van der Waals surface area (Å²) in [5.41, 5.74) is 5.89. The van der Waals surface area contributed by atoms with Crippen LogP contribution in [0.15, 0.2) is 0 Å². The minimum absolute atomic E-state index is 0.0450. The number of nitrogens with two attached hydrogens (primary N) is 1. The molecule has 0 spiro atoms. The molecule has 0 amide bonds. The van der Waals surface area contributed by atoms with Gasteiger partial charge < -0.3 is 10.5 Å². The third kappa shape index (κ3) is 2.81. The molecule has 3 nitrogen and oxygen atoms in total. The highest BCUT2D eigenvalue weighted by Gasteiger charge is 2.28. The molecule has 0 radical (unpaired) electrons. The van der Waals surface area contributed by atoms with Gasteiger partial charge in [0.1, 0.15) is 6.10 Å². The largest absolute Gasteiger partial charge is 0.463 e. The third-order valence-electron chi connectivity index (χ3n) is 2.41. The average Bonchev–Trinajstić information content (AvgIpc) is 1.93. The van der Waals surface area contributed by atoms with Gasteiger partial charge in [0.05, 0.1) is 0 Å². The lowest BCUT2D eigenvalue weighted by molar-refractivity contribution is -0.148. The van der Waals surface area contributed by atoms with E-state index in [1.165, 1.54) is 6.92 Å². The SMILES string of the molecule is CC(=O)O[C@H]1CC[C@](C)(N)CC1. The Hall–Kier alpha value is -0.570. The summed E-state index contributed by atoms with van der Waals surface area (Å²) in [6.45, 7) is 3.51. The van der Waals surface area contributed by atoms with E-state index in [9.17, 15) is 4.79 Å². The van der Waals surface area contributed by atoms with Gasteiger partial charge in [-0.15, -0.1) is 0 Å². The molecular weight excluding hydrogens is 154 g/mol. The lowest BCUT2D eigenvalue weighted by Gasteiger charge is -2.33. The Morgan fingerprint density at radius 2 is 2.00 bits per heavy atom. The Bertz CT molecular complexity index is 167. The van der Waals surface area contributed by atoms with Crippen molar-refractivity contribution in [3.8, 4) is 0 Å². The number of ether oxygens (including phenoxy) is 1. The molecule has 0 heterocycles. The Labute approximate surface area is 73.3 Å². The van der Waals surface area contributed by atoms with E-state index in [1.807, 2.05) is 0 Å². The Morgan fingerprint density at radius 1 is 1.50 bits per heavy atom. The third-order valence-corrected chi connectivity index (χ3v) is 2.41. The summed E-state index contributed by atoms with van der Waals surface area (Å²) in [5, 5.41) is 0. The first-order chi connectivity index (χ1) is 5.49. The van der Waals surface area contributed by atoms with Crippen molar-refractivity contribution in [3.05, 3.63) is 0 Å². The standard InChI is InChI=1S/C9H17NO2/c1-7(11)12-8-3-5-9(2,10)6-4-8/h8H,3-6,10H2,1-2H3/t8-,9-. The van der Waals surface area contributed by atoms with Crippen molar-refractivity contribution in [2.24, 2.45) is 5.73 Å². The van der Waals surface area contributed by atoms with Crippen LogP contribution >= 0.6 is 0 Å². The average molecular weight is 171 g/mol. The summed E-state index contributed by atoms with van der Waals surface area (Å²) < 4.78 is 5.09. The highest BCUT2D eigenvalue weighted by molar-refractivity contribution is 5.66. The van der Waals surface area contributed by atoms with Crippen LogP contribution in [-0.2, 0) is 9.53 Å². The van der Waals surface area contributed by atoms with Gasteiger partial charge in [-0.05, 0) is 32.6 Å². The second kappa shape index (κ2) is 3.44. The summed E-state index contributed by atoms with van der Waals surface area (Å²) >= 11 is 0. The van der Waals surface area contributed by atoms with E-state index in [4.69, 9.17) is 10.5 Å². The Balaban J connectivity index is 2.31. The maximum atomic E-state index is 10.6. The second-order valence-corrected chi connectivity index (χ2v) is 3.96. The number of hydrogen-bond donors (Lipinski definition) is 1. The van der Waals surface area contributed by atoms with Crippen LogP contribution in [0, 0.1) is 0 Å². The smallest absolute Gasteiger partial charge is 0.302 e. The van der Waals surface area contributed by atoms with Crippen molar-refractivity contribution in [1.82, 2.24) is 0 Å². The Morgan fingerprint density at radius 3 is 2.42 bits per heavy atom. The van der Waals surface area contributed by atoms with E-state index in [-0.39, 0.29) is 17.6 Å². The van der Waals surface area contributed by atoms with Crippen LogP contribution in [0.4, 0.5) is 0 Å². The minimum Gasteiger partial charge on any atom is -0.463 e. The highest BCUT2D eigenvalue weighted by atomic mass is 16.5. The molecule has 70 valence electrons. The topological polar surface area (TPSA) is 52.3 Å². The summed E-state index contributed by atoms with van der Waals surface area (Å²) in [6.07, 6.45) is 3.83. The normalized spacial score (nSPS) is 36.1. The molecule has 1 saturated carbocycles. The van der Waals surface area contributed by atoms with Gasteiger partial charge in [0.15, 0.2) is 0 Å². The van der Waals surface area contributed by atoms with E-state index >= 15 is 0 Å². The van der Waals surface area contributed by atoms with Gasteiger partial charge in [-0.1, -0.05) is 0 Å². The fraction of sp³-hybridized carbons (Fsp3) is 0.889. The quantitative estimate of drug-likeness (QED) is 0.603. The van der Waals surface area contributed by atoms with Crippen LogP contribution in [0.2, 0.25) is 0 Å². The van der Waals surface area contributed by atoms with Gasteiger partial charge in [0.25, 0.3) is 0 Å². The molecule has 0 aromatic rings. The predicted octanol–water partition coefficient (Wildman–Crippen LogP) is 1.21. The molecule has 1 aliphatic carbocycles. The number of carbonyl (C=O) groups excluding carboxylic acids is 1. The summed E-state index contributed by atoms with van der Waals surface area (Å²) in [6, 6.07) is 0. The maximum absolute atomic E-state index is 10.6. The van der Waals surface area contributed by atoms with E-state index in [1.54, 1.807) is 0 Å². The summed E-state index contributed by atoms with van der Waals surface area (Å²) in [7, 11) is 0. The second-order valence-electron chi connectivity index (χ2n) is 3.96. The molecule has 2 N–H and O–H groups in total. The molecule has 0 aromatic heterocycles. The van der Waals surface area contributed by atoms with Crippen LogP contribution in [0.1, 0.15) is 39.5 Å². The first-order valence-corrected chi connectivity index (χ1v) is 4.46. The molecule has 0 bridgehead atoms. The zero-order valence-electron chi connectivity index (χ0n) is 7.80. The molecule has 1 aliphatic rings. The van der Waals surface area contributed by atoms with E-state index in [2.05, 4.69) is 6.92 Å². The van der Waals surface area contributed by atoms with E-state index < -0.39 is 0 Å². The minimum atomic E-state index is -0.180. The van der Waals surface area contributed by atoms with Crippen molar-refractivity contribution < 1.29 is 9.53 Å². The molecule has 1 fully saturated rings. The molecule has 12 heavy (non-hydrogen) atoms. The molecule has 0 unspecified atom stereocenters. The molecule has 1 rings (SSSR count). The molecule has 0 saturated heterocycles. The highest BCUT2D eigenvalue weighted by Crippen LogP contribution is 2.27. The molecular formula is C9H17NO2. The van der Waals surface area contributed by atoms with Gasteiger partial charge in [0, 0.05) is 12.5 Å². The van der Waals surface area contributed by atoms with Crippen LogP contribution in [0.5, 0.6) is 0 Å². The van der Waals surface area contributed by atoms with Crippen molar-refractivity contribution >= 4 is 5.97 Å². The summed E-state index contributed by atoms with van der Waals surface area (Å²) in [4.78, 5) is 10.6. The molecule has 0 atom stereocenters. The first kappa shape index (κ1) is 9.52. The summed E-state index contributed by atoms with van der Waals surface area (Å²) in [5.74, 6) is -0.180. The van der Waals surface area contributed by atoms with Crippen LogP contribution in [-0.4, -0.2) is 17.6 Å². The van der Waals surface area contributed by atoms with Gasteiger partial charge >= 0.3 is 5.97 Å². The number of carbonyl (C=O) groups is 1. The van der Waals surface area contributed by atoms with E-state index in [0.717, 1.165) is 25.7 Å². The molecule has 0 aliphatic heterocycles. The van der Waals surface area contributed by atoms with Crippen molar-refractivity contribution in [2.45, 2.75) is 51.2 Å². The van der Waals surface area contributed by atoms with Gasteiger partial charge in [0.2, 0.25) is 0 Å². The van der Waals surface area contributed by atoms with Crippen LogP contribution < -0.4 is 5.73 Å².